The number of aryl methyl sites for hydroxylation is 1. The molecule has 7 atom stereocenters. The van der Waals surface area contributed by atoms with Crippen LogP contribution in [-0.2, 0) is 6.42 Å². The Morgan fingerprint density at radius 1 is 1.08 bits per heavy atom. The van der Waals surface area contributed by atoms with Crippen molar-refractivity contribution in [3.63, 3.8) is 0 Å². The number of phenolic OH excluding ortho intramolecular Hbond substituents is 1. The minimum atomic E-state index is -6.47. The second kappa shape index (κ2) is 10.2. The van der Waals surface area contributed by atoms with E-state index in [4.69, 9.17) is 0 Å². The van der Waals surface area contributed by atoms with E-state index in [1.54, 1.807) is 12.1 Å². The molecular weight excluding hydrogens is 529 g/mol. The molecule has 0 unspecified atom stereocenters. The minimum Gasteiger partial charge on any atom is -0.508 e. The lowest BCUT2D eigenvalue weighted by Gasteiger charge is -2.60. The average molecular weight is 567 g/mol. The first-order valence-corrected chi connectivity index (χ1v) is 13.7. The highest BCUT2D eigenvalue weighted by Gasteiger charge is 2.75. The number of aliphatic hydroxyl groups is 2. The molecule has 220 valence electrons. The molecule has 2 fully saturated rings. The predicted molar refractivity (Wildman–Crippen MR) is 132 cm³/mol. The lowest BCUT2D eigenvalue weighted by atomic mass is 9.44. The summed E-state index contributed by atoms with van der Waals surface area (Å²) in [6, 6.07) is 5.37. The van der Waals surface area contributed by atoms with Crippen LogP contribution in [0.1, 0.15) is 81.8 Å². The smallest absolute Gasteiger partial charge is 0.459 e. The van der Waals surface area contributed by atoms with Crippen molar-refractivity contribution >= 4 is 0 Å². The Morgan fingerprint density at radius 3 is 2.41 bits per heavy atom. The van der Waals surface area contributed by atoms with Gasteiger partial charge >= 0.3 is 18.0 Å². The lowest BCUT2D eigenvalue weighted by Crippen LogP contribution is -2.57. The van der Waals surface area contributed by atoms with E-state index in [2.05, 4.69) is 13.5 Å². The predicted octanol–water partition coefficient (Wildman–Crippen LogP) is 7.54. The summed E-state index contributed by atoms with van der Waals surface area (Å²) in [5, 5.41) is 30.6. The van der Waals surface area contributed by atoms with Gasteiger partial charge in [-0.05, 0) is 96.8 Å². The highest BCUT2D eigenvalue weighted by molar-refractivity contribution is 5.43. The molecule has 1 aromatic rings. The molecule has 2 saturated carbocycles. The van der Waals surface area contributed by atoms with Gasteiger partial charge in [0.25, 0.3) is 0 Å². The number of allylic oxidation sites excluding steroid dienone is 1. The van der Waals surface area contributed by atoms with Crippen molar-refractivity contribution < 1.29 is 46.1 Å². The van der Waals surface area contributed by atoms with Gasteiger partial charge < -0.3 is 15.3 Å². The van der Waals surface area contributed by atoms with Gasteiger partial charge in [0.15, 0.2) is 0 Å². The van der Waals surface area contributed by atoms with Gasteiger partial charge in [-0.3, -0.25) is 0 Å². The van der Waals surface area contributed by atoms with Gasteiger partial charge in [-0.2, -0.15) is 30.7 Å². The van der Waals surface area contributed by atoms with Crippen molar-refractivity contribution in [2.75, 3.05) is 0 Å². The Morgan fingerprint density at radius 2 is 1.77 bits per heavy atom. The van der Waals surface area contributed by atoms with Crippen LogP contribution in [0.5, 0.6) is 5.75 Å². The van der Waals surface area contributed by atoms with Crippen LogP contribution in [-0.4, -0.2) is 45.5 Å². The van der Waals surface area contributed by atoms with Crippen LogP contribution < -0.4 is 0 Å². The van der Waals surface area contributed by atoms with Crippen molar-refractivity contribution in [1.82, 2.24) is 0 Å². The van der Waals surface area contributed by atoms with Gasteiger partial charge in [-0.25, -0.2) is 0 Å². The highest BCUT2D eigenvalue weighted by Crippen LogP contribution is 2.69. The third kappa shape index (κ3) is 4.77. The number of aliphatic hydroxyl groups excluding tert-OH is 2. The first-order chi connectivity index (χ1) is 18.0. The summed E-state index contributed by atoms with van der Waals surface area (Å²) in [7, 11) is 0. The lowest BCUT2D eigenvalue weighted by molar-refractivity contribution is -0.371. The fourth-order valence-corrected chi connectivity index (χ4v) is 8.19. The summed E-state index contributed by atoms with van der Waals surface area (Å²) in [6.45, 7) is 6.33. The Kier molecular flexibility index (Phi) is 7.91. The molecule has 3 N–H and O–H groups in total. The topological polar surface area (TPSA) is 60.7 Å². The van der Waals surface area contributed by atoms with Gasteiger partial charge in [-0.15, -0.1) is 6.58 Å². The number of rotatable bonds is 9. The van der Waals surface area contributed by atoms with Gasteiger partial charge in [0, 0.05) is 0 Å². The fraction of sp³-hybridized carbons (Fsp3) is 0.724. The molecule has 0 heterocycles. The zero-order valence-electron chi connectivity index (χ0n) is 22.0. The Balaban J connectivity index is 1.49. The molecule has 3 aliphatic rings. The summed E-state index contributed by atoms with van der Waals surface area (Å²) in [4.78, 5) is 0. The van der Waals surface area contributed by atoms with Crippen LogP contribution in [0.4, 0.5) is 30.7 Å². The van der Waals surface area contributed by atoms with Crippen LogP contribution in [0, 0.1) is 22.7 Å². The molecular formula is C29H37F7O3. The van der Waals surface area contributed by atoms with Crippen molar-refractivity contribution in [3.8, 4) is 5.75 Å². The Bertz CT molecular complexity index is 1060. The molecule has 39 heavy (non-hydrogen) atoms. The molecule has 3 nitrogen and oxygen atoms in total. The maximum atomic E-state index is 13.8. The van der Waals surface area contributed by atoms with Crippen molar-refractivity contribution in [2.45, 2.75) is 107 Å². The normalized spacial score (nSPS) is 33.7. The largest absolute Gasteiger partial charge is 0.508 e. The zero-order valence-corrected chi connectivity index (χ0v) is 22.0. The number of hydrogen-bond donors (Lipinski definition) is 3. The number of hydrogen-bond acceptors (Lipinski definition) is 3. The van der Waals surface area contributed by atoms with E-state index in [0.29, 0.717) is 19.3 Å². The van der Waals surface area contributed by atoms with Crippen LogP contribution in [0.25, 0.3) is 0 Å². The molecule has 0 spiro atoms. The van der Waals surface area contributed by atoms with Gasteiger partial charge in [-0.1, -0.05) is 38.3 Å². The first-order valence-electron chi connectivity index (χ1n) is 13.7. The second-order valence-electron chi connectivity index (χ2n) is 12.1. The average Bonchev–Trinajstić information content (AvgIpc) is 3.16. The minimum absolute atomic E-state index is 0.0584. The molecule has 0 bridgehead atoms. The molecule has 3 aliphatic carbocycles. The van der Waals surface area contributed by atoms with Crippen molar-refractivity contribution in [1.29, 1.82) is 0 Å². The number of benzene rings is 1. The van der Waals surface area contributed by atoms with E-state index in [9.17, 15) is 46.1 Å². The maximum Gasteiger partial charge on any atom is 0.459 e. The van der Waals surface area contributed by atoms with Crippen molar-refractivity contribution in [2.24, 2.45) is 22.7 Å². The molecule has 0 amide bonds. The monoisotopic (exact) mass is 566 g/mol. The van der Waals surface area contributed by atoms with Crippen molar-refractivity contribution in [3.05, 3.63) is 42.0 Å². The molecule has 0 aromatic heterocycles. The third-order valence-corrected chi connectivity index (χ3v) is 10.1. The van der Waals surface area contributed by atoms with Gasteiger partial charge in [0.05, 0.1) is 6.10 Å². The summed E-state index contributed by atoms with van der Waals surface area (Å²) in [6.07, 6.45) is -3.83. The van der Waals surface area contributed by atoms with E-state index in [-0.39, 0.29) is 47.2 Å². The summed E-state index contributed by atoms with van der Waals surface area (Å²) < 4.78 is 91.3. The standard InChI is InChI=1S/C29H37F7O3/c1-3-26-14-13-17-15-19(37)9-10-20(17)24(26)18(16-25(2)21(26)11-12-22(25)38)7-5-4-6-8-23(39)27(30,31)28(32,33)29(34,35)36/h3,9-10,15,18,21-24,37-39H,1,4-8,11-14,16H2,2H3/t18-,21+,22-,23+,24+,25-,26+/m0/s1. The fourth-order valence-electron chi connectivity index (χ4n) is 8.19. The van der Waals surface area contributed by atoms with E-state index >= 15 is 0 Å². The number of alkyl halides is 7. The number of unbranched alkanes of at least 4 members (excludes halogenated alkanes) is 2. The quantitative estimate of drug-likeness (QED) is 0.165. The summed E-state index contributed by atoms with van der Waals surface area (Å²) in [5.41, 5.74) is 1.56. The second-order valence-corrected chi connectivity index (χ2v) is 12.1. The highest BCUT2D eigenvalue weighted by atomic mass is 19.4. The Labute approximate surface area is 224 Å². The molecule has 4 rings (SSSR count). The molecule has 10 heteroatoms. The summed E-state index contributed by atoms with van der Waals surface area (Å²) >= 11 is 0. The maximum absolute atomic E-state index is 13.8. The van der Waals surface area contributed by atoms with Crippen LogP contribution in [0.3, 0.4) is 0 Å². The number of fused-ring (bicyclic) bond motifs is 5. The van der Waals surface area contributed by atoms with E-state index in [0.717, 1.165) is 36.8 Å². The first kappa shape index (κ1) is 30.2. The van der Waals surface area contributed by atoms with Gasteiger partial charge in [0.1, 0.15) is 11.9 Å². The zero-order chi connectivity index (χ0) is 29.0. The number of halogens is 7. The SMILES string of the molecule is C=C[C@]12CCc3cc(O)ccc3[C@H]1[C@@H](CCCCC[C@@H](O)C(F)(F)C(F)(F)C(F)(F)F)C[C@@]1(C)[C@H]2CC[C@@H]1O. The van der Waals surface area contributed by atoms with Crippen LogP contribution in [0.15, 0.2) is 30.9 Å². The van der Waals surface area contributed by atoms with E-state index < -0.39 is 36.7 Å². The van der Waals surface area contributed by atoms with Crippen LogP contribution in [0.2, 0.25) is 0 Å². The third-order valence-electron chi connectivity index (χ3n) is 10.1. The van der Waals surface area contributed by atoms with E-state index in [1.165, 1.54) is 0 Å². The Hall–Kier alpha value is -1.81. The van der Waals surface area contributed by atoms with Gasteiger partial charge in [0.2, 0.25) is 0 Å². The molecule has 0 saturated heterocycles. The van der Waals surface area contributed by atoms with E-state index in [1.807, 2.05) is 12.1 Å². The molecule has 0 radical (unpaired) electrons. The number of phenols is 1. The molecule has 1 aromatic carbocycles. The summed E-state index contributed by atoms with van der Waals surface area (Å²) in [5.74, 6) is -11.4. The number of aromatic hydroxyl groups is 1. The van der Waals surface area contributed by atoms with Crippen LogP contribution >= 0.6 is 0 Å². The molecule has 0 aliphatic heterocycles.